The van der Waals surface area contributed by atoms with Gasteiger partial charge in [0.15, 0.2) is 0 Å². The van der Waals surface area contributed by atoms with E-state index in [4.69, 9.17) is 9.47 Å². The van der Waals surface area contributed by atoms with Crippen molar-refractivity contribution >= 4 is 39.9 Å². The van der Waals surface area contributed by atoms with Crippen LogP contribution in [0.2, 0.25) is 0 Å². The van der Waals surface area contributed by atoms with Gasteiger partial charge >= 0.3 is 17.6 Å². The van der Waals surface area contributed by atoms with Crippen LogP contribution in [0.5, 0.6) is 0 Å². The molecule has 2 aromatic rings. The number of hydrogen-bond acceptors (Lipinski definition) is 9. The number of rotatable bonds is 7. The normalized spacial score (nSPS) is 26.0. The lowest BCUT2D eigenvalue weighted by Crippen LogP contribution is -2.52. The molecule has 192 valence electrons. The number of anilines is 1. The van der Waals surface area contributed by atoms with Gasteiger partial charge in [-0.25, -0.2) is 9.59 Å². The molecular weight excluding hydrogens is 488 g/mol. The van der Waals surface area contributed by atoms with Crippen LogP contribution in [-0.4, -0.2) is 46.3 Å². The molecule has 11 nitrogen and oxygen atoms in total. The highest BCUT2D eigenvalue weighted by molar-refractivity contribution is 7.18. The van der Waals surface area contributed by atoms with Gasteiger partial charge in [0.05, 0.1) is 29.7 Å². The van der Waals surface area contributed by atoms with Crippen molar-refractivity contribution in [3.8, 4) is 0 Å². The zero-order valence-electron chi connectivity index (χ0n) is 20.4. The van der Waals surface area contributed by atoms with E-state index in [9.17, 15) is 24.5 Å². The van der Waals surface area contributed by atoms with Gasteiger partial charge in [0.1, 0.15) is 16.1 Å². The van der Waals surface area contributed by atoms with Gasteiger partial charge in [0.2, 0.25) is 5.69 Å². The lowest BCUT2D eigenvalue weighted by molar-refractivity contribution is -0.385. The Morgan fingerprint density at radius 1 is 1.19 bits per heavy atom. The molecule has 1 N–H and O–H groups in total. The van der Waals surface area contributed by atoms with E-state index < -0.39 is 22.8 Å². The van der Waals surface area contributed by atoms with Gasteiger partial charge in [-0.3, -0.25) is 19.6 Å². The van der Waals surface area contributed by atoms with E-state index in [0.29, 0.717) is 23.3 Å². The summed E-state index contributed by atoms with van der Waals surface area (Å²) in [6.45, 7) is 3.35. The molecular formula is C24H28N4O7S. The van der Waals surface area contributed by atoms with Crippen LogP contribution in [-0.2, 0) is 15.0 Å². The van der Waals surface area contributed by atoms with Gasteiger partial charge < -0.3 is 14.8 Å². The quantitative estimate of drug-likeness (QED) is 0.326. The smallest absolute Gasteiger partial charge is 0.348 e. The Bertz CT molecular complexity index is 1230. The van der Waals surface area contributed by atoms with Crippen molar-refractivity contribution in [2.24, 2.45) is 17.8 Å². The minimum absolute atomic E-state index is 0.00192. The lowest BCUT2D eigenvalue weighted by atomic mass is 9.53. The number of methoxy groups -OCH3 is 1. The molecule has 0 radical (unpaired) electrons. The molecule has 4 bridgehead atoms. The number of carbonyl (C=O) groups is 3. The van der Waals surface area contributed by atoms with Gasteiger partial charge in [-0.15, -0.1) is 11.3 Å². The fourth-order valence-electron chi connectivity index (χ4n) is 6.75. The number of ether oxygens (including phenoxy) is 2. The summed E-state index contributed by atoms with van der Waals surface area (Å²) in [7, 11) is 1.19. The maximum Gasteiger partial charge on any atom is 0.348 e. The van der Waals surface area contributed by atoms with Crippen LogP contribution in [0.4, 0.5) is 10.7 Å². The Morgan fingerprint density at radius 2 is 1.81 bits per heavy atom. The van der Waals surface area contributed by atoms with Crippen molar-refractivity contribution in [3.63, 3.8) is 0 Å². The van der Waals surface area contributed by atoms with E-state index in [1.54, 1.807) is 18.5 Å². The number of nitrogens with one attached hydrogen (secondary N) is 1. The minimum atomic E-state index is -0.827. The summed E-state index contributed by atoms with van der Waals surface area (Å²) in [4.78, 5) is 49.6. The Morgan fingerprint density at radius 3 is 2.33 bits per heavy atom. The zero-order chi connectivity index (χ0) is 25.8. The van der Waals surface area contributed by atoms with Crippen molar-refractivity contribution in [1.29, 1.82) is 0 Å². The summed E-state index contributed by atoms with van der Waals surface area (Å²) in [5.41, 5.74) is -0.709. The second-order valence-corrected chi connectivity index (χ2v) is 11.2. The average molecular weight is 517 g/mol. The number of esters is 2. The molecule has 36 heavy (non-hydrogen) atoms. The monoisotopic (exact) mass is 516 g/mol. The molecule has 4 aliphatic carbocycles. The van der Waals surface area contributed by atoms with E-state index >= 15 is 0 Å². The molecule has 0 saturated heterocycles. The van der Waals surface area contributed by atoms with Crippen LogP contribution < -0.4 is 5.32 Å². The van der Waals surface area contributed by atoms with Crippen molar-refractivity contribution in [2.45, 2.75) is 57.9 Å². The highest BCUT2D eigenvalue weighted by atomic mass is 32.1. The number of aromatic nitrogens is 2. The molecule has 0 spiro atoms. The Labute approximate surface area is 211 Å². The van der Waals surface area contributed by atoms with Crippen LogP contribution in [0.3, 0.4) is 0 Å². The molecule has 2 heterocycles. The minimum Gasteiger partial charge on any atom is -0.465 e. The number of amides is 1. The Balaban J connectivity index is 1.49. The average Bonchev–Trinajstić information content (AvgIpc) is 3.41. The lowest BCUT2D eigenvalue weighted by Gasteiger charge is -2.56. The standard InChI is InChI=1S/C24H28N4O7S/c1-4-35-23(31)19-12(2)17(22(30)34-3)21(36-19)25-20(29)18-16(28(32)33)11-27(26-18)24-8-13-5-14(9-24)7-15(6-13)10-24/h11,13-15H,4-10H2,1-3H3,(H,25,29). The number of nitrogens with zero attached hydrogens (tertiary/aromatic N) is 3. The molecule has 0 aliphatic heterocycles. The van der Waals surface area contributed by atoms with Crippen LogP contribution in [0, 0.1) is 34.8 Å². The van der Waals surface area contributed by atoms with E-state index in [2.05, 4.69) is 10.4 Å². The van der Waals surface area contributed by atoms with Gasteiger partial charge in [0, 0.05) is 0 Å². The number of thiophene rings is 1. The predicted octanol–water partition coefficient (Wildman–Crippen LogP) is 4.30. The third-order valence-electron chi connectivity index (χ3n) is 7.82. The fourth-order valence-corrected chi connectivity index (χ4v) is 7.84. The fraction of sp³-hybridized carbons (Fsp3) is 0.583. The highest BCUT2D eigenvalue weighted by Crippen LogP contribution is 2.58. The molecule has 0 aromatic carbocycles. The summed E-state index contributed by atoms with van der Waals surface area (Å²) >= 11 is 0.858. The maximum atomic E-state index is 13.3. The zero-order valence-corrected chi connectivity index (χ0v) is 21.2. The van der Waals surface area contributed by atoms with E-state index in [-0.39, 0.29) is 39.0 Å². The molecule has 12 heteroatoms. The molecule has 0 unspecified atom stereocenters. The first-order valence-corrected chi connectivity index (χ1v) is 12.9. The van der Waals surface area contributed by atoms with Gasteiger partial charge in [-0.1, -0.05) is 0 Å². The molecule has 2 aromatic heterocycles. The molecule has 6 rings (SSSR count). The third-order valence-corrected chi connectivity index (χ3v) is 9.01. The Hall–Kier alpha value is -3.28. The molecule has 1 amide bonds. The van der Waals surface area contributed by atoms with Crippen LogP contribution in [0.25, 0.3) is 0 Å². The number of carbonyl (C=O) groups excluding carboxylic acids is 3. The van der Waals surface area contributed by atoms with Gasteiger partial charge in [0.25, 0.3) is 5.91 Å². The van der Waals surface area contributed by atoms with Crippen molar-refractivity contribution in [1.82, 2.24) is 9.78 Å². The summed E-state index contributed by atoms with van der Waals surface area (Å²) in [5.74, 6) is -0.433. The topological polar surface area (TPSA) is 143 Å². The largest absolute Gasteiger partial charge is 0.465 e. The van der Waals surface area contributed by atoms with Crippen molar-refractivity contribution in [2.75, 3.05) is 19.0 Å². The molecule has 4 fully saturated rings. The first kappa shape index (κ1) is 24.4. The van der Waals surface area contributed by atoms with Gasteiger partial charge in [-0.2, -0.15) is 5.10 Å². The maximum absolute atomic E-state index is 13.3. The van der Waals surface area contributed by atoms with E-state index in [1.165, 1.54) is 32.6 Å². The van der Waals surface area contributed by atoms with Crippen molar-refractivity contribution in [3.05, 3.63) is 38.0 Å². The van der Waals surface area contributed by atoms with Gasteiger partial charge in [-0.05, 0) is 75.7 Å². The second kappa shape index (κ2) is 8.99. The van der Waals surface area contributed by atoms with Crippen molar-refractivity contribution < 1.29 is 28.8 Å². The SMILES string of the molecule is CCOC(=O)c1sc(NC(=O)c2nn(C34CC5CC(CC(C5)C3)C4)cc2[N+](=O)[O-])c(C(=O)OC)c1C. The first-order valence-electron chi connectivity index (χ1n) is 12.1. The summed E-state index contributed by atoms with van der Waals surface area (Å²) in [6, 6.07) is 0. The van der Waals surface area contributed by atoms with Crippen LogP contribution in [0.15, 0.2) is 6.20 Å². The van der Waals surface area contributed by atoms with E-state index in [0.717, 1.165) is 30.6 Å². The van der Waals surface area contributed by atoms with Crippen LogP contribution >= 0.6 is 11.3 Å². The number of nitro groups is 1. The molecule has 4 saturated carbocycles. The summed E-state index contributed by atoms with van der Waals surface area (Å²) in [5, 5.41) is 19.0. The molecule has 4 aliphatic rings. The molecule has 0 atom stereocenters. The highest BCUT2D eigenvalue weighted by Gasteiger charge is 2.53. The second-order valence-electron chi connectivity index (χ2n) is 10.1. The summed E-state index contributed by atoms with van der Waals surface area (Å²) < 4.78 is 11.6. The number of hydrogen-bond donors (Lipinski definition) is 1. The summed E-state index contributed by atoms with van der Waals surface area (Å²) in [6.07, 6.45) is 7.73. The Kier molecular flexibility index (Phi) is 6.09. The van der Waals surface area contributed by atoms with E-state index in [1.807, 2.05) is 0 Å². The van der Waals surface area contributed by atoms with Crippen LogP contribution in [0.1, 0.15) is 81.5 Å². The predicted molar refractivity (Wildman–Crippen MR) is 129 cm³/mol. The third kappa shape index (κ3) is 3.97. The first-order chi connectivity index (χ1) is 17.2.